The van der Waals surface area contributed by atoms with Gasteiger partial charge in [-0.05, 0) is 20.3 Å². The van der Waals surface area contributed by atoms with E-state index in [0.717, 1.165) is 0 Å². The molecule has 0 radical (unpaired) electrons. The number of amides is 2. The summed E-state index contributed by atoms with van der Waals surface area (Å²) in [5, 5.41) is 16.4. The summed E-state index contributed by atoms with van der Waals surface area (Å²) < 4.78 is 0. The van der Waals surface area contributed by atoms with Crippen LogP contribution in [0.2, 0.25) is 0 Å². The van der Waals surface area contributed by atoms with Crippen molar-refractivity contribution in [3.05, 3.63) is 0 Å². The molecule has 0 unspecified atom stereocenters. The van der Waals surface area contributed by atoms with Gasteiger partial charge in [0.2, 0.25) is 0 Å². The summed E-state index contributed by atoms with van der Waals surface area (Å²) in [6, 6.07) is -0.0708. The molecule has 0 bridgehead atoms. The predicted molar refractivity (Wildman–Crippen MR) is 54.3 cm³/mol. The van der Waals surface area contributed by atoms with Gasteiger partial charge in [-0.2, -0.15) is 0 Å². The predicted octanol–water partition coefficient (Wildman–Crippen LogP) is 0.221. The lowest BCUT2D eigenvalue weighted by atomic mass is 10.3. The maximum atomic E-state index is 11.0. The van der Waals surface area contributed by atoms with Crippen molar-refractivity contribution in [1.82, 2.24) is 10.6 Å². The van der Waals surface area contributed by atoms with Crippen LogP contribution in [-0.4, -0.2) is 29.7 Å². The quantitative estimate of drug-likeness (QED) is 0.169. The van der Waals surface area contributed by atoms with Crippen LogP contribution in [0.3, 0.4) is 0 Å². The van der Waals surface area contributed by atoms with Crippen molar-refractivity contribution in [2.75, 3.05) is 6.54 Å². The summed E-state index contributed by atoms with van der Waals surface area (Å²) in [5.74, 6) is 0.177. The van der Waals surface area contributed by atoms with Gasteiger partial charge < -0.3 is 21.6 Å². The Labute approximate surface area is 83.5 Å². The van der Waals surface area contributed by atoms with Gasteiger partial charge in [0.05, 0.1) is 0 Å². The molecule has 0 atom stereocenters. The number of oxime groups is 1. The van der Waals surface area contributed by atoms with Crippen molar-refractivity contribution in [2.45, 2.75) is 32.7 Å². The molecule has 0 aromatic rings. The zero-order valence-corrected chi connectivity index (χ0v) is 8.58. The van der Waals surface area contributed by atoms with Gasteiger partial charge in [0.15, 0.2) is 0 Å². The zero-order valence-electron chi connectivity index (χ0n) is 8.58. The van der Waals surface area contributed by atoms with E-state index in [1.54, 1.807) is 0 Å². The molecule has 0 spiro atoms. The van der Waals surface area contributed by atoms with E-state index in [9.17, 15) is 4.79 Å². The first-order valence-electron chi connectivity index (χ1n) is 4.57. The Morgan fingerprint density at radius 1 is 1.57 bits per heavy atom. The van der Waals surface area contributed by atoms with Crippen molar-refractivity contribution in [3.8, 4) is 0 Å². The van der Waals surface area contributed by atoms with E-state index >= 15 is 0 Å². The molecule has 14 heavy (non-hydrogen) atoms. The van der Waals surface area contributed by atoms with Gasteiger partial charge in [0.25, 0.3) is 0 Å². The lowest BCUT2D eigenvalue weighted by molar-refractivity contribution is 0.238. The summed E-state index contributed by atoms with van der Waals surface area (Å²) in [5.41, 5.74) is 5.24. The Hall–Kier alpha value is -1.46. The average molecular weight is 202 g/mol. The number of nitrogens with zero attached hydrogens (tertiary/aromatic N) is 1. The maximum Gasteiger partial charge on any atom is 0.314 e. The fourth-order valence-electron chi connectivity index (χ4n) is 0.835. The van der Waals surface area contributed by atoms with E-state index < -0.39 is 0 Å². The molecular weight excluding hydrogens is 184 g/mol. The van der Waals surface area contributed by atoms with E-state index in [-0.39, 0.29) is 17.9 Å². The molecule has 82 valence electrons. The van der Waals surface area contributed by atoms with E-state index in [4.69, 9.17) is 10.9 Å². The van der Waals surface area contributed by atoms with Crippen LogP contribution in [0.25, 0.3) is 0 Å². The van der Waals surface area contributed by atoms with Crippen molar-refractivity contribution < 1.29 is 10.0 Å². The van der Waals surface area contributed by atoms with Gasteiger partial charge in [-0.15, -0.1) is 0 Å². The van der Waals surface area contributed by atoms with Crippen LogP contribution in [0.1, 0.15) is 26.7 Å². The maximum absolute atomic E-state index is 11.0. The van der Waals surface area contributed by atoms with Gasteiger partial charge in [-0.1, -0.05) is 5.16 Å². The van der Waals surface area contributed by atoms with E-state index in [1.165, 1.54) is 0 Å². The highest BCUT2D eigenvalue weighted by Crippen LogP contribution is 1.86. The van der Waals surface area contributed by atoms with Crippen LogP contribution in [0.15, 0.2) is 5.16 Å². The lowest BCUT2D eigenvalue weighted by Crippen LogP contribution is -2.39. The van der Waals surface area contributed by atoms with Gasteiger partial charge >= 0.3 is 6.03 Å². The second kappa shape index (κ2) is 6.99. The number of urea groups is 1. The SMILES string of the molecule is CC(C)NC(=O)NCCCC(N)=NO. The Morgan fingerprint density at radius 2 is 2.21 bits per heavy atom. The molecule has 0 aliphatic rings. The molecule has 0 fully saturated rings. The molecule has 0 rings (SSSR count). The second-order valence-electron chi connectivity index (χ2n) is 3.25. The van der Waals surface area contributed by atoms with Gasteiger partial charge in [0.1, 0.15) is 5.84 Å². The number of carbonyl (C=O) groups is 1. The minimum atomic E-state index is -0.195. The third kappa shape index (κ3) is 7.20. The molecule has 0 aromatic heterocycles. The number of rotatable bonds is 5. The molecule has 5 N–H and O–H groups in total. The monoisotopic (exact) mass is 202 g/mol. The summed E-state index contributed by atoms with van der Waals surface area (Å²) >= 11 is 0. The molecule has 0 saturated carbocycles. The molecule has 0 saturated heterocycles. The Bertz CT molecular complexity index is 204. The Kier molecular flexibility index (Phi) is 6.26. The third-order valence-electron chi connectivity index (χ3n) is 1.44. The van der Waals surface area contributed by atoms with Crippen molar-refractivity contribution in [2.24, 2.45) is 10.9 Å². The van der Waals surface area contributed by atoms with Crippen LogP contribution < -0.4 is 16.4 Å². The van der Waals surface area contributed by atoms with Gasteiger partial charge in [-0.25, -0.2) is 4.79 Å². The largest absolute Gasteiger partial charge is 0.409 e. The van der Waals surface area contributed by atoms with Crippen LogP contribution in [0.5, 0.6) is 0 Å². The number of nitrogens with one attached hydrogen (secondary N) is 2. The summed E-state index contributed by atoms with van der Waals surface area (Å²) in [6.45, 7) is 4.28. The third-order valence-corrected chi connectivity index (χ3v) is 1.44. The Morgan fingerprint density at radius 3 is 2.71 bits per heavy atom. The highest BCUT2D eigenvalue weighted by atomic mass is 16.4. The van der Waals surface area contributed by atoms with E-state index in [0.29, 0.717) is 19.4 Å². The summed E-state index contributed by atoms with van der Waals surface area (Å²) in [6.07, 6.45) is 1.12. The minimum absolute atomic E-state index is 0.124. The fraction of sp³-hybridized carbons (Fsp3) is 0.750. The minimum Gasteiger partial charge on any atom is -0.409 e. The standard InChI is InChI=1S/C8H18N4O2/c1-6(2)11-8(13)10-5-3-4-7(9)12-14/h6,14H,3-5H2,1-2H3,(H2,9,12)(H2,10,11,13). The topological polar surface area (TPSA) is 99.7 Å². The molecule has 6 heteroatoms. The lowest BCUT2D eigenvalue weighted by Gasteiger charge is -2.09. The van der Waals surface area contributed by atoms with Crippen molar-refractivity contribution in [3.63, 3.8) is 0 Å². The number of nitrogens with two attached hydrogens (primary N) is 1. The molecule has 0 heterocycles. The number of carbonyl (C=O) groups excluding carboxylic acids is 1. The molecule has 6 nitrogen and oxygen atoms in total. The first kappa shape index (κ1) is 12.5. The molecule has 2 amide bonds. The highest BCUT2D eigenvalue weighted by Gasteiger charge is 2.01. The summed E-state index contributed by atoms with van der Waals surface area (Å²) in [4.78, 5) is 11.0. The Balaban J connectivity index is 3.41. The van der Waals surface area contributed by atoms with Crippen LogP contribution >= 0.6 is 0 Å². The van der Waals surface area contributed by atoms with E-state index in [1.807, 2.05) is 13.8 Å². The first-order chi connectivity index (χ1) is 6.56. The first-order valence-corrected chi connectivity index (χ1v) is 4.57. The highest BCUT2D eigenvalue weighted by molar-refractivity contribution is 5.79. The molecular formula is C8H18N4O2. The normalized spacial score (nSPS) is 11.5. The molecule has 0 aromatic carbocycles. The average Bonchev–Trinajstić information content (AvgIpc) is 2.10. The number of hydrogen-bond donors (Lipinski definition) is 4. The number of hydrogen-bond acceptors (Lipinski definition) is 3. The fourth-order valence-corrected chi connectivity index (χ4v) is 0.835. The van der Waals surface area contributed by atoms with Gasteiger partial charge in [0, 0.05) is 19.0 Å². The molecule has 0 aliphatic carbocycles. The van der Waals surface area contributed by atoms with Gasteiger partial charge in [-0.3, -0.25) is 0 Å². The van der Waals surface area contributed by atoms with Crippen LogP contribution in [-0.2, 0) is 0 Å². The van der Waals surface area contributed by atoms with E-state index in [2.05, 4.69) is 15.8 Å². The molecule has 0 aliphatic heterocycles. The summed E-state index contributed by atoms with van der Waals surface area (Å²) in [7, 11) is 0. The smallest absolute Gasteiger partial charge is 0.314 e. The van der Waals surface area contributed by atoms with Crippen LogP contribution in [0, 0.1) is 0 Å². The van der Waals surface area contributed by atoms with Crippen molar-refractivity contribution in [1.29, 1.82) is 0 Å². The second-order valence-corrected chi connectivity index (χ2v) is 3.25. The zero-order chi connectivity index (χ0) is 11.0. The number of amidine groups is 1. The van der Waals surface area contributed by atoms with Crippen molar-refractivity contribution >= 4 is 11.9 Å². The van der Waals surface area contributed by atoms with Crippen LogP contribution in [0.4, 0.5) is 4.79 Å².